The van der Waals surface area contributed by atoms with E-state index in [4.69, 9.17) is 0 Å². The Morgan fingerprint density at radius 3 is 2.89 bits per heavy atom. The van der Waals surface area contributed by atoms with Gasteiger partial charge in [0.2, 0.25) is 5.91 Å². The zero-order valence-corrected chi connectivity index (χ0v) is 10.8. The van der Waals surface area contributed by atoms with Crippen LogP contribution in [0.5, 0.6) is 0 Å². The molecule has 6 heteroatoms. The van der Waals surface area contributed by atoms with Crippen molar-refractivity contribution in [3.05, 3.63) is 29.8 Å². The van der Waals surface area contributed by atoms with Crippen LogP contribution in [0.15, 0.2) is 24.3 Å². The van der Waals surface area contributed by atoms with Gasteiger partial charge in [-0.3, -0.25) is 10.1 Å². The van der Waals surface area contributed by atoms with Crippen LogP contribution in [-0.4, -0.2) is 36.7 Å². The van der Waals surface area contributed by atoms with E-state index >= 15 is 0 Å². The number of carbonyl (C=O) groups excluding carboxylic acids is 2. The maximum absolute atomic E-state index is 11.9. The molecule has 0 spiro atoms. The van der Waals surface area contributed by atoms with Crippen LogP contribution < -0.4 is 10.6 Å². The second-order valence-corrected chi connectivity index (χ2v) is 4.83. The number of benzene rings is 1. The van der Waals surface area contributed by atoms with E-state index in [2.05, 4.69) is 15.4 Å². The highest BCUT2D eigenvalue weighted by molar-refractivity contribution is 7.99. The van der Waals surface area contributed by atoms with Gasteiger partial charge in [-0.15, -0.1) is 11.8 Å². The van der Waals surface area contributed by atoms with E-state index in [1.54, 1.807) is 36.0 Å². The quantitative estimate of drug-likeness (QED) is 0.801. The van der Waals surface area contributed by atoms with Crippen LogP contribution in [0.1, 0.15) is 10.4 Å². The summed E-state index contributed by atoms with van der Waals surface area (Å²) in [5, 5.41) is 5.83. The standard InChI is InChI=1S/C12H14N2O3S/c1-17-12(16)8-4-2-3-5-9(8)14-11(15)10-6-18-7-13-10/h2-5,10,13H,6-7H2,1H3,(H,14,15). The lowest BCUT2D eigenvalue weighted by Crippen LogP contribution is -2.37. The molecule has 1 saturated heterocycles. The summed E-state index contributed by atoms with van der Waals surface area (Å²) in [6, 6.07) is 6.59. The first-order chi connectivity index (χ1) is 8.72. The molecule has 1 aromatic carbocycles. The highest BCUT2D eigenvalue weighted by Crippen LogP contribution is 2.18. The van der Waals surface area contributed by atoms with Crippen LogP contribution in [-0.2, 0) is 9.53 Å². The third-order valence-corrected chi connectivity index (χ3v) is 3.56. The second-order valence-electron chi connectivity index (χ2n) is 3.80. The lowest BCUT2D eigenvalue weighted by Gasteiger charge is -2.12. The monoisotopic (exact) mass is 266 g/mol. The van der Waals surface area contributed by atoms with Crippen LogP contribution >= 0.6 is 11.8 Å². The van der Waals surface area contributed by atoms with Crippen LogP contribution in [0.25, 0.3) is 0 Å². The highest BCUT2D eigenvalue weighted by Gasteiger charge is 2.23. The van der Waals surface area contributed by atoms with Crippen molar-refractivity contribution in [1.29, 1.82) is 0 Å². The number of methoxy groups -OCH3 is 1. The van der Waals surface area contributed by atoms with Gasteiger partial charge in [0.05, 0.1) is 24.4 Å². The Bertz CT molecular complexity index is 458. The average Bonchev–Trinajstić information content (AvgIpc) is 2.92. The fourth-order valence-electron chi connectivity index (χ4n) is 1.66. The van der Waals surface area contributed by atoms with E-state index in [0.29, 0.717) is 11.3 Å². The van der Waals surface area contributed by atoms with Crippen molar-refractivity contribution < 1.29 is 14.3 Å². The summed E-state index contributed by atoms with van der Waals surface area (Å²) in [6.45, 7) is 0. The van der Waals surface area contributed by atoms with Crippen LogP contribution in [0.3, 0.4) is 0 Å². The Morgan fingerprint density at radius 2 is 2.22 bits per heavy atom. The summed E-state index contributed by atoms with van der Waals surface area (Å²) >= 11 is 1.67. The third kappa shape index (κ3) is 2.83. The number of thioether (sulfide) groups is 1. The second kappa shape index (κ2) is 5.88. The molecule has 5 nitrogen and oxygen atoms in total. The fourth-order valence-corrected chi connectivity index (χ4v) is 2.61. The molecule has 1 unspecified atom stereocenters. The lowest BCUT2D eigenvalue weighted by molar-refractivity contribution is -0.117. The van der Waals surface area contributed by atoms with Gasteiger partial charge in [0.15, 0.2) is 0 Å². The number of nitrogens with one attached hydrogen (secondary N) is 2. The van der Waals surface area contributed by atoms with Crippen molar-refractivity contribution in [3.8, 4) is 0 Å². The maximum Gasteiger partial charge on any atom is 0.339 e. The third-order valence-electron chi connectivity index (χ3n) is 2.62. The fraction of sp³-hybridized carbons (Fsp3) is 0.333. The first-order valence-corrected chi connectivity index (χ1v) is 6.67. The number of carbonyl (C=O) groups is 2. The molecule has 1 amide bonds. The molecule has 1 heterocycles. The van der Waals surface area contributed by atoms with E-state index in [1.165, 1.54) is 7.11 Å². The smallest absolute Gasteiger partial charge is 0.339 e. The van der Waals surface area contributed by atoms with Crippen molar-refractivity contribution in [2.24, 2.45) is 0 Å². The molecule has 0 saturated carbocycles. The Balaban J connectivity index is 2.13. The summed E-state index contributed by atoms with van der Waals surface area (Å²) in [7, 11) is 1.32. The SMILES string of the molecule is COC(=O)c1ccccc1NC(=O)C1CSCN1. The zero-order valence-electron chi connectivity index (χ0n) is 9.93. The number of ether oxygens (including phenoxy) is 1. The molecule has 2 rings (SSSR count). The van der Waals surface area contributed by atoms with Gasteiger partial charge < -0.3 is 10.1 Å². The van der Waals surface area contributed by atoms with Crippen LogP contribution in [0.2, 0.25) is 0 Å². The molecule has 0 radical (unpaired) electrons. The molecule has 1 aliphatic rings. The van der Waals surface area contributed by atoms with Gasteiger partial charge >= 0.3 is 5.97 Å². The molecule has 2 N–H and O–H groups in total. The summed E-state index contributed by atoms with van der Waals surface area (Å²) in [6.07, 6.45) is 0. The first kappa shape index (κ1) is 12.9. The molecule has 0 bridgehead atoms. The number of anilines is 1. The van der Waals surface area contributed by atoms with Crippen molar-refractivity contribution in [2.45, 2.75) is 6.04 Å². The van der Waals surface area contributed by atoms with Crippen molar-refractivity contribution in [1.82, 2.24) is 5.32 Å². The van der Waals surface area contributed by atoms with E-state index in [9.17, 15) is 9.59 Å². The van der Waals surface area contributed by atoms with Gasteiger partial charge in [-0.2, -0.15) is 0 Å². The molecule has 1 aromatic rings. The van der Waals surface area contributed by atoms with Gasteiger partial charge in [-0.1, -0.05) is 12.1 Å². The molecular weight excluding hydrogens is 252 g/mol. The summed E-state index contributed by atoms with van der Waals surface area (Å²) in [5.74, 6) is 0.930. The number of hydrogen-bond acceptors (Lipinski definition) is 5. The lowest BCUT2D eigenvalue weighted by atomic mass is 10.1. The van der Waals surface area contributed by atoms with Gasteiger partial charge in [0, 0.05) is 11.6 Å². The average molecular weight is 266 g/mol. The van der Waals surface area contributed by atoms with Gasteiger partial charge in [0.25, 0.3) is 0 Å². The van der Waals surface area contributed by atoms with Gasteiger partial charge in [0.1, 0.15) is 0 Å². The summed E-state index contributed by atoms with van der Waals surface area (Å²) in [4.78, 5) is 23.5. The number of rotatable bonds is 3. The van der Waals surface area contributed by atoms with E-state index in [1.807, 2.05) is 0 Å². The van der Waals surface area contributed by atoms with E-state index in [-0.39, 0.29) is 11.9 Å². The Kier molecular flexibility index (Phi) is 4.22. The first-order valence-electron chi connectivity index (χ1n) is 5.51. The number of esters is 1. The predicted octanol–water partition coefficient (Wildman–Crippen LogP) is 1.07. The van der Waals surface area contributed by atoms with E-state index < -0.39 is 5.97 Å². The summed E-state index contributed by atoms with van der Waals surface area (Å²) in [5.41, 5.74) is 0.840. The number of hydrogen-bond donors (Lipinski definition) is 2. The normalized spacial score (nSPS) is 18.4. The number of amides is 1. The highest BCUT2D eigenvalue weighted by atomic mass is 32.2. The molecule has 96 valence electrons. The van der Waals surface area contributed by atoms with Crippen LogP contribution in [0, 0.1) is 0 Å². The number of para-hydroxylation sites is 1. The summed E-state index contributed by atoms with van der Waals surface area (Å²) < 4.78 is 4.67. The maximum atomic E-state index is 11.9. The molecular formula is C12H14N2O3S. The zero-order chi connectivity index (χ0) is 13.0. The van der Waals surface area contributed by atoms with E-state index in [0.717, 1.165) is 11.6 Å². The minimum absolute atomic E-state index is 0.128. The Labute approximate surface area is 109 Å². The molecule has 1 atom stereocenters. The van der Waals surface area contributed by atoms with Gasteiger partial charge in [-0.05, 0) is 12.1 Å². The molecule has 18 heavy (non-hydrogen) atoms. The largest absolute Gasteiger partial charge is 0.465 e. The molecule has 1 fully saturated rings. The molecule has 0 aromatic heterocycles. The molecule has 0 aliphatic carbocycles. The van der Waals surface area contributed by atoms with Crippen molar-refractivity contribution >= 4 is 29.3 Å². The topological polar surface area (TPSA) is 67.4 Å². The minimum atomic E-state index is -0.459. The predicted molar refractivity (Wildman–Crippen MR) is 70.7 cm³/mol. The van der Waals surface area contributed by atoms with Crippen LogP contribution in [0.4, 0.5) is 5.69 Å². The van der Waals surface area contributed by atoms with Crippen molar-refractivity contribution in [2.75, 3.05) is 24.1 Å². The Hall–Kier alpha value is -1.53. The van der Waals surface area contributed by atoms with Crippen molar-refractivity contribution in [3.63, 3.8) is 0 Å². The Morgan fingerprint density at radius 1 is 1.44 bits per heavy atom. The molecule has 1 aliphatic heterocycles. The van der Waals surface area contributed by atoms with Gasteiger partial charge in [-0.25, -0.2) is 4.79 Å². The minimum Gasteiger partial charge on any atom is -0.465 e.